The fourth-order valence-electron chi connectivity index (χ4n) is 2.91. The summed E-state index contributed by atoms with van der Waals surface area (Å²) in [6.45, 7) is 3.68. The molecule has 0 atom stereocenters. The van der Waals surface area contributed by atoms with Crippen molar-refractivity contribution in [2.45, 2.75) is 32.4 Å². The molecule has 0 saturated heterocycles. The number of aromatic nitrogens is 4. The molecule has 0 aliphatic rings. The Labute approximate surface area is 150 Å². The molecule has 0 aliphatic carbocycles. The van der Waals surface area contributed by atoms with Gasteiger partial charge in [0.1, 0.15) is 0 Å². The maximum absolute atomic E-state index is 12.4. The van der Waals surface area contributed by atoms with E-state index in [0.717, 1.165) is 17.3 Å². The first-order valence-corrected chi connectivity index (χ1v) is 9.94. The summed E-state index contributed by atoms with van der Waals surface area (Å²) in [6.07, 6.45) is 1.43. The molecule has 9 nitrogen and oxygen atoms in total. The molecule has 0 aliphatic heterocycles. The average Bonchev–Trinajstić information content (AvgIpc) is 3.10. The third kappa shape index (κ3) is 3.56. The Morgan fingerprint density at radius 2 is 1.88 bits per heavy atom. The SMILES string of the molecule is Cn1c(=O)n(CCc2nc(C(C)(C)NS(C)(=O)=O)no2)c2ccccc21. The predicted molar refractivity (Wildman–Crippen MR) is 96.2 cm³/mol. The summed E-state index contributed by atoms with van der Waals surface area (Å²) in [5.74, 6) is 0.575. The van der Waals surface area contributed by atoms with Crippen LogP contribution in [0.1, 0.15) is 25.6 Å². The molecule has 26 heavy (non-hydrogen) atoms. The van der Waals surface area contributed by atoms with Crippen molar-refractivity contribution in [2.75, 3.05) is 6.26 Å². The minimum Gasteiger partial charge on any atom is -0.339 e. The molecule has 2 aromatic heterocycles. The lowest BCUT2D eigenvalue weighted by Crippen LogP contribution is -2.41. The van der Waals surface area contributed by atoms with Crippen LogP contribution in [-0.4, -0.2) is 33.9 Å². The normalized spacial score (nSPS) is 12.8. The molecular formula is C16H21N5O4S. The number of hydrogen-bond donors (Lipinski definition) is 1. The van der Waals surface area contributed by atoms with Crippen LogP contribution in [0.3, 0.4) is 0 Å². The summed E-state index contributed by atoms with van der Waals surface area (Å²) in [7, 11) is -1.70. The van der Waals surface area contributed by atoms with E-state index in [-0.39, 0.29) is 11.5 Å². The van der Waals surface area contributed by atoms with Crippen molar-refractivity contribution in [3.63, 3.8) is 0 Å². The van der Waals surface area contributed by atoms with Crippen LogP contribution in [0.15, 0.2) is 33.6 Å². The Bertz CT molecular complexity index is 1110. The maximum atomic E-state index is 12.4. The molecule has 0 fully saturated rings. The summed E-state index contributed by atoms with van der Waals surface area (Å²) in [5, 5.41) is 3.87. The van der Waals surface area contributed by atoms with E-state index < -0.39 is 15.6 Å². The second kappa shape index (κ2) is 6.36. The van der Waals surface area contributed by atoms with Gasteiger partial charge < -0.3 is 4.52 Å². The Hall–Kier alpha value is -2.46. The van der Waals surface area contributed by atoms with E-state index in [4.69, 9.17) is 4.52 Å². The minimum absolute atomic E-state index is 0.120. The molecule has 0 bridgehead atoms. The number of imidazole rings is 1. The lowest BCUT2D eigenvalue weighted by atomic mass is 10.1. The van der Waals surface area contributed by atoms with E-state index in [2.05, 4.69) is 14.9 Å². The predicted octanol–water partition coefficient (Wildman–Crippen LogP) is 0.750. The van der Waals surface area contributed by atoms with E-state index in [0.29, 0.717) is 18.9 Å². The highest BCUT2D eigenvalue weighted by atomic mass is 32.2. The van der Waals surface area contributed by atoms with Gasteiger partial charge >= 0.3 is 5.69 Å². The molecule has 140 valence electrons. The van der Waals surface area contributed by atoms with Gasteiger partial charge in [0.05, 0.1) is 22.8 Å². The van der Waals surface area contributed by atoms with Crippen molar-refractivity contribution in [1.29, 1.82) is 0 Å². The number of hydrogen-bond acceptors (Lipinski definition) is 6. The number of rotatable bonds is 6. The van der Waals surface area contributed by atoms with Gasteiger partial charge in [0.2, 0.25) is 15.9 Å². The summed E-state index contributed by atoms with van der Waals surface area (Å²) in [5.41, 5.74) is 0.567. The smallest absolute Gasteiger partial charge is 0.328 e. The Balaban J connectivity index is 1.81. The number of sulfonamides is 1. The standard InChI is InChI=1S/C16H21N5O4S/c1-16(2,19-26(4,23)24)14-17-13(25-18-14)9-10-21-12-8-6-5-7-11(12)20(3)15(21)22/h5-8,19H,9-10H2,1-4H3. The largest absolute Gasteiger partial charge is 0.339 e. The summed E-state index contributed by atoms with van der Waals surface area (Å²) < 4.78 is 33.9. The lowest BCUT2D eigenvalue weighted by molar-refractivity contribution is 0.350. The first-order chi connectivity index (χ1) is 12.1. The van der Waals surface area contributed by atoms with Gasteiger partial charge in [0, 0.05) is 20.0 Å². The van der Waals surface area contributed by atoms with Crippen LogP contribution in [0.4, 0.5) is 0 Å². The van der Waals surface area contributed by atoms with Gasteiger partial charge in [0.15, 0.2) is 5.82 Å². The van der Waals surface area contributed by atoms with Gasteiger partial charge in [0.25, 0.3) is 0 Å². The molecule has 0 unspecified atom stereocenters. The van der Waals surface area contributed by atoms with Crippen LogP contribution in [0, 0.1) is 0 Å². The summed E-state index contributed by atoms with van der Waals surface area (Å²) in [6, 6.07) is 7.53. The van der Waals surface area contributed by atoms with Crippen LogP contribution in [0.2, 0.25) is 0 Å². The Kier molecular flexibility index (Phi) is 4.49. The van der Waals surface area contributed by atoms with Crippen molar-refractivity contribution >= 4 is 21.1 Å². The third-order valence-electron chi connectivity index (χ3n) is 4.07. The fraction of sp³-hybridized carbons (Fsp3) is 0.438. The molecule has 0 radical (unpaired) electrons. The van der Waals surface area contributed by atoms with Crippen LogP contribution in [-0.2, 0) is 35.6 Å². The molecule has 0 amide bonds. The third-order valence-corrected chi connectivity index (χ3v) is 4.95. The first kappa shape index (κ1) is 18.3. The Morgan fingerprint density at radius 3 is 2.54 bits per heavy atom. The fourth-order valence-corrected chi connectivity index (χ4v) is 3.92. The number of fused-ring (bicyclic) bond motifs is 1. The van der Waals surface area contributed by atoms with Gasteiger partial charge in [-0.3, -0.25) is 9.13 Å². The topological polar surface area (TPSA) is 112 Å². The van der Waals surface area contributed by atoms with Crippen LogP contribution >= 0.6 is 0 Å². The highest BCUT2D eigenvalue weighted by Crippen LogP contribution is 2.18. The van der Waals surface area contributed by atoms with E-state index in [1.165, 1.54) is 0 Å². The zero-order valence-corrected chi connectivity index (χ0v) is 15.9. The van der Waals surface area contributed by atoms with Gasteiger partial charge in [-0.1, -0.05) is 17.3 Å². The number of nitrogens with one attached hydrogen (secondary N) is 1. The van der Waals surface area contributed by atoms with Crippen molar-refractivity contribution in [2.24, 2.45) is 7.05 Å². The van der Waals surface area contributed by atoms with Crippen LogP contribution in [0.25, 0.3) is 11.0 Å². The molecule has 0 spiro atoms. The minimum atomic E-state index is -3.42. The monoisotopic (exact) mass is 379 g/mol. The van der Waals surface area contributed by atoms with E-state index >= 15 is 0 Å². The first-order valence-electron chi connectivity index (χ1n) is 8.05. The van der Waals surface area contributed by atoms with Crippen molar-refractivity contribution in [1.82, 2.24) is 24.0 Å². The molecule has 3 rings (SSSR count). The molecule has 10 heteroatoms. The number of nitrogens with zero attached hydrogens (tertiary/aromatic N) is 4. The quantitative estimate of drug-likeness (QED) is 0.676. The molecular weight excluding hydrogens is 358 g/mol. The zero-order chi connectivity index (χ0) is 19.1. The molecule has 2 heterocycles. The maximum Gasteiger partial charge on any atom is 0.328 e. The van der Waals surface area contributed by atoms with Crippen LogP contribution < -0.4 is 10.4 Å². The highest BCUT2D eigenvalue weighted by molar-refractivity contribution is 7.88. The summed E-state index contributed by atoms with van der Waals surface area (Å²) in [4.78, 5) is 16.7. The van der Waals surface area contributed by atoms with Gasteiger partial charge in [-0.05, 0) is 26.0 Å². The number of benzene rings is 1. The molecule has 1 N–H and O–H groups in total. The lowest BCUT2D eigenvalue weighted by Gasteiger charge is -2.20. The summed E-state index contributed by atoms with van der Waals surface area (Å²) >= 11 is 0. The zero-order valence-electron chi connectivity index (χ0n) is 15.1. The molecule has 1 aromatic carbocycles. The van der Waals surface area contributed by atoms with E-state index in [1.54, 1.807) is 30.0 Å². The molecule has 0 saturated carbocycles. The van der Waals surface area contributed by atoms with Crippen LogP contribution in [0.5, 0.6) is 0 Å². The van der Waals surface area contributed by atoms with Gasteiger partial charge in [-0.25, -0.2) is 17.9 Å². The average molecular weight is 379 g/mol. The van der Waals surface area contributed by atoms with Crippen molar-refractivity contribution in [3.05, 3.63) is 46.5 Å². The van der Waals surface area contributed by atoms with Crippen molar-refractivity contribution < 1.29 is 12.9 Å². The number of aryl methyl sites for hydroxylation is 3. The Morgan fingerprint density at radius 1 is 1.23 bits per heavy atom. The number of para-hydroxylation sites is 2. The van der Waals surface area contributed by atoms with Gasteiger partial charge in [-0.15, -0.1) is 0 Å². The highest BCUT2D eigenvalue weighted by Gasteiger charge is 2.30. The second-order valence-corrected chi connectivity index (χ2v) is 8.49. The van der Waals surface area contributed by atoms with E-state index in [9.17, 15) is 13.2 Å². The van der Waals surface area contributed by atoms with Crippen molar-refractivity contribution in [3.8, 4) is 0 Å². The molecule has 3 aromatic rings. The second-order valence-electron chi connectivity index (χ2n) is 6.74. The van der Waals surface area contributed by atoms with Gasteiger partial charge in [-0.2, -0.15) is 4.98 Å². The van der Waals surface area contributed by atoms with E-state index in [1.807, 2.05) is 24.3 Å².